The minimum Gasteiger partial charge on any atom is -0.434 e. The highest BCUT2D eigenvalue weighted by Gasteiger charge is 2.22. The first-order valence-electron chi connectivity index (χ1n) is 10.0. The predicted molar refractivity (Wildman–Crippen MR) is 109 cm³/mol. The summed E-state index contributed by atoms with van der Waals surface area (Å²) >= 11 is 5.81. The van der Waals surface area contributed by atoms with Crippen LogP contribution in [0.1, 0.15) is 67.3 Å². The second-order valence-electron chi connectivity index (χ2n) is 7.48. The number of esters is 1. The van der Waals surface area contributed by atoms with Gasteiger partial charge in [0.15, 0.2) is 0 Å². The average Bonchev–Trinajstić information content (AvgIpc) is 2.69. The second-order valence-corrected chi connectivity index (χ2v) is 7.92. The van der Waals surface area contributed by atoms with Gasteiger partial charge in [-0.2, -0.15) is 8.78 Å². The van der Waals surface area contributed by atoms with Crippen LogP contribution in [-0.4, -0.2) is 12.6 Å². The second kappa shape index (κ2) is 10.1. The molecule has 3 nitrogen and oxygen atoms in total. The summed E-state index contributed by atoms with van der Waals surface area (Å²) in [5.74, 6) is 0.662. The van der Waals surface area contributed by atoms with Crippen LogP contribution in [0.3, 0.4) is 0 Å². The van der Waals surface area contributed by atoms with E-state index in [9.17, 15) is 13.6 Å². The van der Waals surface area contributed by atoms with Crippen molar-refractivity contribution in [1.29, 1.82) is 0 Å². The minimum absolute atomic E-state index is 0.104. The van der Waals surface area contributed by atoms with Gasteiger partial charge in [0.2, 0.25) is 0 Å². The van der Waals surface area contributed by atoms with Crippen molar-refractivity contribution in [2.75, 3.05) is 0 Å². The third-order valence-corrected chi connectivity index (χ3v) is 5.72. The van der Waals surface area contributed by atoms with Crippen molar-refractivity contribution >= 4 is 17.6 Å². The van der Waals surface area contributed by atoms with Crippen LogP contribution in [0.15, 0.2) is 42.5 Å². The van der Waals surface area contributed by atoms with Crippen molar-refractivity contribution in [2.24, 2.45) is 5.92 Å². The van der Waals surface area contributed by atoms with Crippen LogP contribution in [-0.2, 0) is 0 Å². The zero-order valence-corrected chi connectivity index (χ0v) is 17.1. The number of benzene rings is 2. The van der Waals surface area contributed by atoms with Crippen LogP contribution >= 0.6 is 11.6 Å². The molecule has 0 saturated heterocycles. The molecular formula is C23H25ClF2O3. The van der Waals surface area contributed by atoms with Crippen LogP contribution in [0.4, 0.5) is 8.78 Å². The summed E-state index contributed by atoms with van der Waals surface area (Å²) in [6.45, 7) is -0.828. The maximum absolute atomic E-state index is 12.6. The number of rotatable bonds is 7. The summed E-state index contributed by atoms with van der Waals surface area (Å²) in [6, 6.07) is 11.4. The fourth-order valence-corrected chi connectivity index (χ4v) is 4.18. The lowest BCUT2D eigenvalue weighted by Gasteiger charge is -2.28. The van der Waals surface area contributed by atoms with Crippen molar-refractivity contribution < 1.29 is 23.0 Å². The van der Waals surface area contributed by atoms with Crippen LogP contribution < -0.4 is 9.47 Å². The highest BCUT2D eigenvalue weighted by molar-refractivity contribution is 6.30. The van der Waals surface area contributed by atoms with Gasteiger partial charge in [0.05, 0.1) is 0 Å². The number of ether oxygens (including phenoxy) is 2. The van der Waals surface area contributed by atoms with Crippen molar-refractivity contribution in [3.05, 3.63) is 58.6 Å². The van der Waals surface area contributed by atoms with Gasteiger partial charge in [-0.05, 0) is 73.4 Å². The molecular weight excluding hydrogens is 398 g/mol. The molecule has 1 aliphatic rings. The highest BCUT2D eigenvalue weighted by atomic mass is 35.5. The molecule has 0 amide bonds. The van der Waals surface area contributed by atoms with Gasteiger partial charge in [-0.25, -0.2) is 4.79 Å². The van der Waals surface area contributed by atoms with Crippen LogP contribution in [0.2, 0.25) is 5.02 Å². The highest BCUT2D eigenvalue weighted by Crippen LogP contribution is 2.38. The fraction of sp³-hybridized carbons (Fsp3) is 0.435. The zero-order chi connectivity index (χ0) is 20.8. The fourth-order valence-electron chi connectivity index (χ4n) is 4.02. The summed E-state index contributed by atoms with van der Waals surface area (Å²) in [6.07, 6.45) is 7.44. The third-order valence-electron chi connectivity index (χ3n) is 5.49. The lowest BCUT2D eigenvalue weighted by atomic mass is 9.77. The quantitative estimate of drug-likeness (QED) is 0.348. The SMILES string of the molecule is CCCC1CCC(c2ccc(OC(=O)c3ccc(Cl)cc3OC(F)F)cc2)CC1. The molecule has 156 valence electrons. The summed E-state index contributed by atoms with van der Waals surface area (Å²) in [5.41, 5.74) is 1.14. The molecule has 1 fully saturated rings. The van der Waals surface area contributed by atoms with Crippen LogP contribution in [0.25, 0.3) is 0 Å². The van der Waals surface area contributed by atoms with Gasteiger partial charge in [0.25, 0.3) is 0 Å². The molecule has 2 aromatic rings. The average molecular weight is 423 g/mol. The van der Waals surface area contributed by atoms with Crippen molar-refractivity contribution in [2.45, 2.75) is 58.0 Å². The van der Waals surface area contributed by atoms with Gasteiger partial charge in [-0.3, -0.25) is 0 Å². The molecule has 0 radical (unpaired) electrons. The minimum atomic E-state index is -3.06. The summed E-state index contributed by atoms with van der Waals surface area (Å²) in [5, 5.41) is 0.190. The van der Waals surface area contributed by atoms with E-state index in [1.165, 1.54) is 62.3 Å². The van der Waals surface area contributed by atoms with Crippen molar-refractivity contribution in [1.82, 2.24) is 0 Å². The van der Waals surface area contributed by atoms with E-state index in [1.54, 1.807) is 12.1 Å². The Morgan fingerprint density at radius 2 is 1.79 bits per heavy atom. The Morgan fingerprint density at radius 3 is 2.41 bits per heavy atom. The van der Waals surface area contributed by atoms with Gasteiger partial charge in [-0.15, -0.1) is 0 Å². The molecule has 29 heavy (non-hydrogen) atoms. The molecule has 1 saturated carbocycles. The van der Waals surface area contributed by atoms with Gasteiger partial charge < -0.3 is 9.47 Å². The van der Waals surface area contributed by atoms with E-state index < -0.39 is 12.6 Å². The Morgan fingerprint density at radius 1 is 1.10 bits per heavy atom. The smallest absolute Gasteiger partial charge is 0.387 e. The van der Waals surface area contributed by atoms with Gasteiger partial charge in [0, 0.05) is 5.02 Å². The standard InChI is InChI=1S/C23H25ClF2O3/c1-2-3-15-4-6-16(7-5-15)17-8-11-19(12-9-17)28-22(27)20-13-10-18(24)14-21(20)29-23(25)26/h8-16,23H,2-7H2,1H3. The molecule has 0 bridgehead atoms. The first-order chi connectivity index (χ1) is 14.0. The molecule has 0 heterocycles. The van der Waals surface area contributed by atoms with E-state index in [1.807, 2.05) is 12.1 Å². The van der Waals surface area contributed by atoms with E-state index in [-0.39, 0.29) is 16.3 Å². The number of hydrogen-bond acceptors (Lipinski definition) is 3. The molecule has 6 heteroatoms. The van der Waals surface area contributed by atoms with E-state index >= 15 is 0 Å². The van der Waals surface area contributed by atoms with Crippen molar-refractivity contribution in [3.8, 4) is 11.5 Å². The Hall–Kier alpha value is -2.14. The van der Waals surface area contributed by atoms with E-state index in [0.29, 0.717) is 11.7 Å². The Kier molecular flexibility index (Phi) is 7.48. The molecule has 1 aliphatic carbocycles. The zero-order valence-electron chi connectivity index (χ0n) is 16.4. The van der Waals surface area contributed by atoms with Crippen LogP contribution in [0, 0.1) is 5.92 Å². The number of hydrogen-bond donors (Lipinski definition) is 0. The number of carbonyl (C=O) groups excluding carboxylic acids is 1. The lowest BCUT2D eigenvalue weighted by molar-refractivity contribution is -0.0502. The Balaban J connectivity index is 1.64. The van der Waals surface area contributed by atoms with E-state index in [4.69, 9.17) is 16.3 Å². The molecule has 0 aromatic heterocycles. The largest absolute Gasteiger partial charge is 0.434 e. The number of carbonyl (C=O) groups is 1. The third kappa shape index (κ3) is 5.92. The topological polar surface area (TPSA) is 35.5 Å². The molecule has 0 spiro atoms. The van der Waals surface area contributed by atoms with E-state index in [0.717, 1.165) is 5.92 Å². The van der Waals surface area contributed by atoms with Gasteiger partial charge in [-0.1, -0.05) is 43.5 Å². The summed E-state index contributed by atoms with van der Waals surface area (Å²) < 4.78 is 34.9. The molecule has 0 atom stereocenters. The number of alkyl halides is 2. The monoisotopic (exact) mass is 422 g/mol. The first kappa shape index (κ1) is 21.6. The molecule has 3 rings (SSSR count). The van der Waals surface area contributed by atoms with Gasteiger partial charge >= 0.3 is 12.6 Å². The molecule has 0 aliphatic heterocycles. The summed E-state index contributed by atoms with van der Waals surface area (Å²) in [7, 11) is 0. The van der Waals surface area contributed by atoms with Crippen molar-refractivity contribution in [3.63, 3.8) is 0 Å². The molecule has 2 aromatic carbocycles. The van der Waals surface area contributed by atoms with Crippen LogP contribution in [0.5, 0.6) is 11.5 Å². The molecule has 0 unspecified atom stereocenters. The first-order valence-corrected chi connectivity index (χ1v) is 10.4. The molecule has 0 N–H and O–H groups in total. The summed E-state index contributed by atoms with van der Waals surface area (Å²) in [4.78, 5) is 12.4. The maximum atomic E-state index is 12.6. The normalized spacial score (nSPS) is 19.2. The predicted octanol–water partition coefficient (Wildman–Crippen LogP) is 7.23. The van der Waals surface area contributed by atoms with Gasteiger partial charge in [0.1, 0.15) is 17.1 Å². The Bertz CT molecular complexity index is 815. The number of halogens is 3. The Labute approximate surface area is 175 Å². The van der Waals surface area contributed by atoms with E-state index in [2.05, 4.69) is 11.7 Å². The lowest BCUT2D eigenvalue weighted by Crippen LogP contribution is -2.14. The maximum Gasteiger partial charge on any atom is 0.387 e.